The maximum atomic E-state index is 12.6. The minimum atomic E-state index is 0.122. The van der Waals surface area contributed by atoms with Gasteiger partial charge in [-0.15, -0.1) is 0 Å². The Bertz CT molecular complexity index is 645. The standard InChI is InChI=1S/C17H21N3O2S/c1-13-16(19-6-5-18-13)3-2-15-11-22-8-7-20(15)17(21)10-14-4-9-23-12-14/h4-6,9,12,15H,2-3,7-8,10-11H2,1H3/t15-/m1/s1. The van der Waals surface area contributed by atoms with Crippen molar-refractivity contribution >= 4 is 17.2 Å². The number of hydrogen-bond donors (Lipinski definition) is 0. The molecule has 0 N–H and O–H groups in total. The molecule has 0 bridgehead atoms. The van der Waals surface area contributed by atoms with E-state index < -0.39 is 0 Å². The van der Waals surface area contributed by atoms with Crippen molar-refractivity contribution in [2.24, 2.45) is 0 Å². The summed E-state index contributed by atoms with van der Waals surface area (Å²) < 4.78 is 5.59. The summed E-state index contributed by atoms with van der Waals surface area (Å²) in [6, 6.07) is 2.14. The third kappa shape index (κ3) is 4.14. The van der Waals surface area contributed by atoms with Gasteiger partial charge in [0.25, 0.3) is 0 Å². The molecule has 1 aliphatic heterocycles. The molecule has 122 valence electrons. The van der Waals surface area contributed by atoms with Crippen LogP contribution in [-0.4, -0.2) is 46.6 Å². The van der Waals surface area contributed by atoms with Gasteiger partial charge in [0.2, 0.25) is 5.91 Å². The number of amides is 1. The summed E-state index contributed by atoms with van der Waals surface area (Å²) in [6.45, 7) is 3.87. The van der Waals surface area contributed by atoms with E-state index in [-0.39, 0.29) is 11.9 Å². The molecule has 1 saturated heterocycles. The Hall–Kier alpha value is -1.79. The Balaban J connectivity index is 1.62. The number of hydrogen-bond acceptors (Lipinski definition) is 5. The van der Waals surface area contributed by atoms with Crippen LogP contribution in [0.1, 0.15) is 23.4 Å². The number of rotatable bonds is 5. The fraction of sp³-hybridized carbons (Fsp3) is 0.471. The molecule has 0 unspecified atom stereocenters. The summed E-state index contributed by atoms with van der Waals surface area (Å²) in [5, 5.41) is 4.05. The van der Waals surface area contributed by atoms with E-state index in [0.717, 1.165) is 29.8 Å². The number of ether oxygens (including phenoxy) is 1. The quantitative estimate of drug-likeness (QED) is 0.843. The summed E-state index contributed by atoms with van der Waals surface area (Å²) in [4.78, 5) is 23.2. The van der Waals surface area contributed by atoms with Crippen LogP contribution < -0.4 is 0 Å². The minimum Gasteiger partial charge on any atom is -0.377 e. The third-order valence-electron chi connectivity index (χ3n) is 4.18. The van der Waals surface area contributed by atoms with Gasteiger partial charge in [0.15, 0.2) is 0 Å². The van der Waals surface area contributed by atoms with Crippen molar-refractivity contribution < 1.29 is 9.53 Å². The lowest BCUT2D eigenvalue weighted by molar-refractivity contribution is -0.139. The second-order valence-corrected chi connectivity index (χ2v) is 6.53. The average Bonchev–Trinajstić information content (AvgIpc) is 3.07. The summed E-state index contributed by atoms with van der Waals surface area (Å²) in [5.74, 6) is 0.188. The van der Waals surface area contributed by atoms with Crippen LogP contribution in [0.2, 0.25) is 0 Å². The zero-order valence-electron chi connectivity index (χ0n) is 13.3. The molecule has 0 spiro atoms. The molecule has 1 aliphatic rings. The second kappa shape index (κ2) is 7.66. The first-order valence-corrected chi connectivity index (χ1v) is 8.83. The smallest absolute Gasteiger partial charge is 0.227 e. The third-order valence-corrected chi connectivity index (χ3v) is 4.91. The largest absolute Gasteiger partial charge is 0.377 e. The summed E-state index contributed by atoms with van der Waals surface area (Å²) in [6.07, 6.45) is 5.58. The first-order valence-electron chi connectivity index (χ1n) is 7.89. The van der Waals surface area contributed by atoms with Crippen LogP contribution in [0.25, 0.3) is 0 Å². The summed E-state index contributed by atoms with van der Waals surface area (Å²) in [5.41, 5.74) is 3.05. The van der Waals surface area contributed by atoms with Crippen LogP contribution in [0, 0.1) is 6.92 Å². The Morgan fingerprint density at radius 1 is 1.43 bits per heavy atom. The van der Waals surface area contributed by atoms with Crippen LogP contribution in [0.4, 0.5) is 0 Å². The van der Waals surface area contributed by atoms with E-state index in [4.69, 9.17) is 4.74 Å². The molecule has 3 rings (SSSR count). The number of carbonyl (C=O) groups is 1. The fourth-order valence-corrected chi connectivity index (χ4v) is 3.55. The Morgan fingerprint density at radius 3 is 3.09 bits per heavy atom. The molecule has 0 radical (unpaired) electrons. The van der Waals surface area contributed by atoms with E-state index in [9.17, 15) is 4.79 Å². The zero-order chi connectivity index (χ0) is 16.1. The van der Waals surface area contributed by atoms with E-state index in [1.54, 1.807) is 23.7 Å². The maximum Gasteiger partial charge on any atom is 0.227 e. The normalized spacial score (nSPS) is 18.1. The van der Waals surface area contributed by atoms with Crippen LogP contribution in [0.5, 0.6) is 0 Å². The van der Waals surface area contributed by atoms with Gasteiger partial charge in [0.05, 0.1) is 37.1 Å². The van der Waals surface area contributed by atoms with Crippen molar-refractivity contribution in [1.82, 2.24) is 14.9 Å². The van der Waals surface area contributed by atoms with Gasteiger partial charge in [0, 0.05) is 18.9 Å². The van der Waals surface area contributed by atoms with Crippen LogP contribution in [-0.2, 0) is 22.4 Å². The second-order valence-electron chi connectivity index (χ2n) is 5.75. The molecule has 3 heterocycles. The lowest BCUT2D eigenvalue weighted by Crippen LogP contribution is -2.49. The van der Waals surface area contributed by atoms with E-state index in [0.29, 0.717) is 26.2 Å². The number of aryl methyl sites for hydroxylation is 2. The topological polar surface area (TPSA) is 55.3 Å². The molecular weight excluding hydrogens is 310 g/mol. The van der Waals surface area contributed by atoms with E-state index in [1.165, 1.54) is 0 Å². The van der Waals surface area contributed by atoms with Crippen molar-refractivity contribution in [3.8, 4) is 0 Å². The highest BCUT2D eigenvalue weighted by Crippen LogP contribution is 2.17. The molecule has 5 nitrogen and oxygen atoms in total. The average molecular weight is 331 g/mol. The molecule has 1 amide bonds. The van der Waals surface area contributed by atoms with Gasteiger partial charge in [-0.1, -0.05) is 0 Å². The SMILES string of the molecule is Cc1nccnc1CC[C@@H]1COCCN1C(=O)Cc1ccsc1. The molecule has 0 saturated carbocycles. The van der Waals surface area contributed by atoms with Gasteiger partial charge in [-0.2, -0.15) is 11.3 Å². The molecule has 23 heavy (non-hydrogen) atoms. The van der Waals surface area contributed by atoms with Gasteiger partial charge in [-0.3, -0.25) is 14.8 Å². The maximum absolute atomic E-state index is 12.6. The van der Waals surface area contributed by atoms with Gasteiger partial charge in [0.1, 0.15) is 0 Å². The molecule has 2 aromatic heterocycles. The number of nitrogens with zero attached hydrogens (tertiary/aromatic N) is 3. The van der Waals surface area contributed by atoms with Crippen LogP contribution in [0.3, 0.4) is 0 Å². The van der Waals surface area contributed by atoms with Crippen LogP contribution in [0.15, 0.2) is 29.2 Å². The van der Waals surface area contributed by atoms with Crippen LogP contribution >= 0.6 is 11.3 Å². The Kier molecular flexibility index (Phi) is 5.35. The van der Waals surface area contributed by atoms with Gasteiger partial charge in [-0.25, -0.2) is 0 Å². The van der Waals surface area contributed by atoms with E-state index in [2.05, 4.69) is 9.97 Å². The molecule has 0 aliphatic carbocycles. The van der Waals surface area contributed by atoms with Gasteiger partial charge < -0.3 is 9.64 Å². The molecule has 6 heteroatoms. The fourth-order valence-electron chi connectivity index (χ4n) is 2.88. The van der Waals surface area contributed by atoms with Crippen molar-refractivity contribution in [1.29, 1.82) is 0 Å². The summed E-state index contributed by atoms with van der Waals surface area (Å²) >= 11 is 1.63. The highest BCUT2D eigenvalue weighted by atomic mass is 32.1. The predicted molar refractivity (Wildman–Crippen MR) is 89.4 cm³/mol. The number of thiophene rings is 1. The number of aromatic nitrogens is 2. The van der Waals surface area contributed by atoms with Gasteiger partial charge in [-0.05, 0) is 42.2 Å². The van der Waals surface area contributed by atoms with Crippen molar-refractivity contribution in [2.45, 2.75) is 32.2 Å². The molecule has 1 fully saturated rings. The predicted octanol–water partition coefficient (Wildman–Crippen LogP) is 2.25. The molecule has 2 aromatic rings. The van der Waals surface area contributed by atoms with E-state index >= 15 is 0 Å². The Morgan fingerprint density at radius 2 is 2.30 bits per heavy atom. The first kappa shape index (κ1) is 16.1. The monoisotopic (exact) mass is 331 g/mol. The highest BCUT2D eigenvalue weighted by molar-refractivity contribution is 7.07. The van der Waals surface area contributed by atoms with Crippen molar-refractivity contribution in [3.05, 3.63) is 46.2 Å². The lowest BCUT2D eigenvalue weighted by atomic mass is 10.1. The molecular formula is C17H21N3O2S. The minimum absolute atomic E-state index is 0.122. The number of carbonyl (C=O) groups excluding carboxylic acids is 1. The van der Waals surface area contributed by atoms with Gasteiger partial charge >= 0.3 is 0 Å². The summed E-state index contributed by atoms with van der Waals surface area (Å²) in [7, 11) is 0. The molecule has 1 atom stereocenters. The first-order chi connectivity index (χ1) is 11.2. The van der Waals surface area contributed by atoms with E-state index in [1.807, 2.05) is 28.7 Å². The number of morpholine rings is 1. The van der Waals surface area contributed by atoms with Crippen molar-refractivity contribution in [3.63, 3.8) is 0 Å². The Labute approximate surface area is 140 Å². The lowest BCUT2D eigenvalue weighted by Gasteiger charge is -2.35. The molecule has 0 aromatic carbocycles. The van der Waals surface area contributed by atoms with Crippen molar-refractivity contribution in [2.75, 3.05) is 19.8 Å². The highest BCUT2D eigenvalue weighted by Gasteiger charge is 2.27. The zero-order valence-corrected chi connectivity index (χ0v) is 14.1.